The molecule has 2 bridgehead atoms. The van der Waals surface area contributed by atoms with Crippen LogP contribution in [-0.2, 0) is 19.1 Å². The number of anilines is 2. The van der Waals surface area contributed by atoms with Gasteiger partial charge in [-0.25, -0.2) is 0 Å². The van der Waals surface area contributed by atoms with Crippen LogP contribution in [0.3, 0.4) is 0 Å². The van der Waals surface area contributed by atoms with Crippen LogP contribution in [0, 0.1) is 24.7 Å². The molecule has 0 radical (unpaired) electrons. The lowest BCUT2D eigenvalue weighted by Crippen LogP contribution is -2.56. The number of aliphatic hydroxyl groups excluding tert-OH is 1. The van der Waals surface area contributed by atoms with Crippen molar-refractivity contribution in [3.05, 3.63) is 59.1 Å². The van der Waals surface area contributed by atoms with E-state index >= 15 is 0 Å². The summed E-state index contributed by atoms with van der Waals surface area (Å²) in [5.41, 5.74) is -0.287. The number of benzene rings is 2. The number of ether oxygens (including phenoxy) is 1. The molecule has 8 nitrogen and oxygen atoms in total. The van der Waals surface area contributed by atoms with Crippen LogP contribution in [0.2, 0.25) is 5.02 Å². The van der Waals surface area contributed by atoms with Crippen molar-refractivity contribution in [2.24, 2.45) is 17.8 Å². The van der Waals surface area contributed by atoms with Crippen molar-refractivity contribution >= 4 is 40.7 Å². The SMILES string of the molecule is CC[C@@H](CO)N1C(=O)[C@@H]2[C@@H](C(=O)Nc3ccccc3)[C@]3(C)OC2(CC3C)C1C(=O)Nc1c(C)cccc1Cl. The molecule has 3 amide bonds. The largest absolute Gasteiger partial charge is 0.394 e. The molecule has 202 valence electrons. The van der Waals surface area contributed by atoms with Crippen molar-refractivity contribution in [2.45, 2.75) is 63.8 Å². The Bertz CT molecular complexity index is 1250. The Kier molecular flexibility index (Phi) is 6.78. The van der Waals surface area contributed by atoms with Gasteiger partial charge >= 0.3 is 0 Å². The van der Waals surface area contributed by atoms with Gasteiger partial charge in [0.15, 0.2) is 0 Å². The average molecular weight is 540 g/mol. The first-order valence-electron chi connectivity index (χ1n) is 13.1. The Labute approximate surface area is 227 Å². The quantitative estimate of drug-likeness (QED) is 0.493. The van der Waals surface area contributed by atoms with E-state index in [1.165, 1.54) is 4.90 Å². The summed E-state index contributed by atoms with van der Waals surface area (Å²) in [4.78, 5) is 43.5. The number of halogens is 1. The van der Waals surface area contributed by atoms with E-state index in [1.807, 2.05) is 52.0 Å². The zero-order valence-corrected chi connectivity index (χ0v) is 22.8. The van der Waals surface area contributed by atoms with Crippen LogP contribution in [0.1, 0.15) is 39.2 Å². The Morgan fingerprint density at radius 3 is 2.50 bits per heavy atom. The number of para-hydroxylation sites is 2. The molecule has 3 heterocycles. The lowest BCUT2D eigenvalue weighted by molar-refractivity contribution is -0.148. The lowest BCUT2D eigenvalue weighted by atomic mass is 9.62. The van der Waals surface area contributed by atoms with Crippen molar-refractivity contribution in [3.8, 4) is 0 Å². The molecule has 3 aliphatic heterocycles. The second kappa shape index (κ2) is 9.67. The van der Waals surface area contributed by atoms with E-state index in [9.17, 15) is 19.5 Å². The highest BCUT2D eigenvalue weighted by Crippen LogP contribution is 2.65. The number of fused-ring (bicyclic) bond motifs is 1. The van der Waals surface area contributed by atoms with Crippen molar-refractivity contribution in [3.63, 3.8) is 0 Å². The van der Waals surface area contributed by atoms with E-state index in [2.05, 4.69) is 10.6 Å². The third-order valence-corrected chi connectivity index (χ3v) is 9.19. The zero-order valence-electron chi connectivity index (χ0n) is 22.0. The fourth-order valence-corrected chi connectivity index (χ4v) is 7.18. The summed E-state index contributed by atoms with van der Waals surface area (Å²) in [7, 11) is 0. The predicted molar refractivity (Wildman–Crippen MR) is 145 cm³/mol. The fourth-order valence-electron chi connectivity index (χ4n) is 6.91. The van der Waals surface area contributed by atoms with E-state index in [0.29, 0.717) is 29.2 Å². The fraction of sp³-hybridized carbons (Fsp3) is 0.483. The number of likely N-dealkylation sites (tertiary alicyclic amines) is 1. The Balaban J connectivity index is 1.58. The normalized spacial score (nSPS) is 32.3. The molecule has 2 aromatic carbocycles. The van der Waals surface area contributed by atoms with E-state index in [4.69, 9.17) is 16.3 Å². The highest BCUT2D eigenvalue weighted by molar-refractivity contribution is 6.34. The number of aryl methyl sites for hydroxylation is 1. The smallest absolute Gasteiger partial charge is 0.250 e. The van der Waals surface area contributed by atoms with Gasteiger partial charge in [-0.15, -0.1) is 0 Å². The molecule has 3 N–H and O–H groups in total. The van der Waals surface area contributed by atoms with Gasteiger partial charge in [-0.2, -0.15) is 0 Å². The molecular weight excluding hydrogens is 506 g/mol. The summed E-state index contributed by atoms with van der Waals surface area (Å²) in [6.07, 6.45) is 0.876. The number of nitrogens with one attached hydrogen (secondary N) is 2. The van der Waals surface area contributed by atoms with Crippen LogP contribution in [0.15, 0.2) is 48.5 Å². The summed E-state index contributed by atoms with van der Waals surface area (Å²) in [6.45, 7) is 7.25. The molecule has 9 heteroatoms. The highest BCUT2D eigenvalue weighted by Gasteiger charge is 2.80. The maximum atomic E-state index is 14.2. The van der Waals surface area contributed by atoms with Gasteiger partial charge < -0.3 is 25.4 Å². The molecule has 7 atom stereocenters. The van der Waals surface area contributed by atoms with Crippen molar-refractivity contribution in [2.75, 3.05) is 17.2 Å². The van der Waals surface area contributed by atoms with Crippen LogP contribution in [0.25, 0.3) is 0 Å². The van der Waals surface area contributed by atoms with Gasteiger partial charge in [0.1, 0.15) is 11.6 Å². The van der Waals surface area contributed by atoms with E-state index in [0.717, 1.165) is 5.56 Å². The Morgan fingerprint density at radius 1 is 1.16 bits per heavy atom. The number of nitrogens with zero attached hydrogens (tertiary/aromatic N) is 1. The summed E-state index contributed by atoms with van der Waals surface area (Å²) in [5.74, 6) is -2.86. The molecule has 0 aliphatic carbocycles. The molecule has 0 aromatic heterocycles. The van der Waals surface area contributed by atoms with Crippen LogP contribution < -0.4 is 10.6 Å². The van der Waals surface area contributed by atoms with Crippen LogP contribution in [0.4, 0.5) is 11.4 Å². The van der Waals surface area contributed by atoms with Crippen LogP contribution in [-0.4, -0.2) is 57.6 Å². The first-order chi connectivity index (χ1) is 18.1. The predicted octanol–water partition coefficient (Wildman–Crippen LogP) is 4.01. The maximum Gasteiger partial charge on any atom is 0.250 e. The second-order valence-corrected chi connectivity index (χ2v) is 11.4. The van der Waals surface area contributed by atoms with Gasteiger partial charge in [0, 0.05) is 5.69 Å². The minimum absolute atomic E-state index is 0.0930. The number of rotatable bonds is 7. The average Bonchev–Trinajstić information content (AvgIpc) is 3.40. The molecule has 2 aromatic rings. The highest BCUT2D eigenvalue weighted by atomic mass is 35.5. The van der Waals surface area contributed by atoms with E-state index in [1.54, 1.807) is 24.3 Å². The molecule has 3 saturated heterocycles. The molecule has 3 aliphatic rings. The standard InChI is InChI=1S/C29H34ClN3O5/c1-5-19(15-34)33-24(26(36)32-23-16(2)10-9-13-20(23)30)29-14-17(3)28(4,38-29)21(22(29)27(33)37)25(35)31-18-11-7-6-8-12-18/h6-13,17,19,21-22,24,34H,5,14-15H2,1-4H3,(H,31,35)(H,32,36)/t17?,19-,21-,22-,24?,28+,29?/m0/s1. The zero-order chi connectivity index (χ0) is 27.4. The lowest BCUT2D eigenvalue weighted by Gasteiger charge is -2.36. The molecule has 3 unspecified atom stereocenters. The summed E-state index contributed by atoms with van der Waals surface area (Å²) in [6, 6.07) is 12.8. The van der Waals surface area contributed by atoms with Crippen molar-refractivity contribution in [1.29, 1.82) is 0 Å². The second-order valence-electron chi connectivity index (χ2n) is 11.0. The van der Waals surface area contributed by atoms with Gasteiger partial charge in [0.05, 0.1) is 40.8 Å². The molecule has 38 heavy (non-hydrogen) atoms. The molecule has 5 rings (SSSR count). The van der Waals surface area contributed by atoms with Gasteiger partial charge in [-0.1, -0.05) is 55.8 Å². The topological polar surface area (TPSA) is 108 Å². The Morgan fingerprint density at radius 2 is 1.87 bits per heavy atom. The van der Waals surface area contributed by atoms with Gasteiger partial charge in [-0.3, -0.25) is 14.4 Å². The van der Waals surface area contributed by atoms with Crippen LogP contribution >= 0.6 is 11.6 Å². The van der Waals surface area contributed by atoms with E-state index in [-0.39, 0.29) is 24.3 Å². The molecule has 3 fully saturated rings. The number of amides is 3. The minimum Gasteiger partial charge on any atom is -0.394 e. The maximum absolute atomic E-state index is 14.2. The summed E-state index contributed by atoms with van der Waals surface area (Å²) < 4.78 is 6.73. The molecule has 1 spiro atoms. The number of carbonyl (C=O) groups is 3. The van der Waals surface area contributed by atoms with Crippen molar-refractivity contribution in [1.82, 2.24) is 4.90 Å². The number of hydrogen-bond donors (Lipinski definition) is 3. The van der Waals surface area contributed by atoms with Crippen LogP contribution in [0.5, 0.6) is 0 Å². The van der Waals surface area contributed by atoms with E-state index < -0.39 is 41.0 Å². The van der Waals surface area contributed by atoms with Gasteiger partial charge in [0.25, 0.3) is 0 Å². The summed E-state index contributed by atoms with van der Waals surface area (Å²) in [5, 5.41) is 16.5. The first-order valence-corrected chi connectivity index (χ1v) is 13.5. The number of carbonyl (C=O) groups excluding carboxylic acids is 3. The molecule has 0 saturated carbocycles. The Hall–Kier alpha value is -2.94. The number of hydrogen-bond acceptors (Lipinski definition) is 5. The van der Waals surface area contributed by atoms with Crippen molar-refractivity contribution < 1.29 is 24.2 Å². The first kappa shape index (κ1) is 26.7. The van der Waals surface area contributed by atoms with Gasteiger partial charge in [0.2, 0.25) is 17.7 Å². The monoisotopic (exact) mass is 539 g/mol. The molecular formula is C29H34ClN3O5. The number of aliphatic hydroxyl groups is 1. The third kappa shape index (κ3) is 3.84. The minimum atomic E-state index is -1.22. The third-order valence-electron chi connectivity index (χ3n) is 8.87. The summed E-state index contributed by atoms with van der Waals surface area (Å²) >= 11 is 6.42. The van der Waals surface area contributed by atoms with Gasteiger partial charge in [-0.05, 0) is 56.4 Å².